The molecule has 0 fully saturated rings. The molecule has 0 N–H and O–H groups in total. The smallest absolute Gasteiger partial charge is 0.189 e. The van der Waals surface area contributed by atoms with E-state index >= 15 is 0 Å². The molecule has 0 saturated carbocycles. The molecule has 0 saturated heterocycles. The van der Waals surface area contributed by atoms with Gasteiger partial charge in [-0.25, -0.2) is 0 Å². The van der Waals surface area contributed by atoms with Crippen molar-refractivity contribution in [3.05, 3.63) is 132 Å². The maximum atomic E-state index is 13.2. The van der Waals surface area contributed by atoms with Crippen LogP contribution in [0.2, 0.25) is 0 Å². The van der Waals surface area contributed by atoms with Gasteiger partial charge in [-0.1, -0.05) is 91.0 Å². The van der Waals surface area contributed by atoms with Gasteiger partial charge in [-0.05, 0) is 63.0 Å². The number of rotatable bonds is 6. The Balaban J connectivity index is 1.48. The topological polar surface area (TPSA) is 26.3 Å². The zero-order valence-corrected chi connectivity index (χ0v) is 17.6. The summed E-state index contributed by atoms with van der Waals surface area (Å²) in [6, 6.07) is 36.1. The van der Waals surface area contributed by atoms with E-state index in [4.69, 9.17) is 4.74 Å². The van der Waals surface area contributed by atoms with E-state index in [0.717, 1.165) is 32.7 Å². The fourth-order valence-corrected chi connectivity index (χ4v) is 4.01. The van der Waals surface area contributed by atoms with E-state index in [1.54, 1.807) is 6.08 Å². The van der Waals surface area contributed by atoms with Crippen molar-refractivity contribution < 1.29 is 9.53 Å². The minimum atomic E-state index is -0.0781. The number of hydrogen-bond donors (Lipinski definition) is 0. The summed E-state index contributed by atoms with van der Waals surface area (Å²) in [5.41, 5.74) is 2.67. The minimum absolute atomic E-state index is 0.0781. The molecular formula is C30H22O2. The lowest BCUT2D eigenvalue weighted by molar-refractivity contribution is 0.104. The Kier molecular flexibility index (Phi) is 5.50. The molecule has 0 radical (unpaired) electrons. The van der Waals surface area contributed by atoms with E-state index in [2.05, 4.69) is 30.3 Å². The first kappa shape index (κ1) is 19.8. The van der Waals surface area contributed by atoms with Crippen molar-refractivity contribution >= 4 is 33.4 Å². The van der Waals surface area contributed by atoms with Gasteiger partial charge < -0.3 is 4.74 Å². The number of carbonyl (C=O) groups excluding carboxylic acids is 1. The average molecular weight is 415 g/mol. The second-order valence-electron chi connectivity index (χ2n) is 7.70. The molecule has 2 heteroatoms. The van der Waals surface area contributed by atoms with Crippen molar-refractivity contribution in [1.29, 1.82) is 0 Å². The zero-order valence-electron chi connectivity index (χ0n) is 17.6. The van der Waals surface area contributed by atoms with E-state index in [0.29, 0.717) is 17.9 Å². The van der Waals surface area contributed by atoms with Crippen LogP contribution in [0.4, 0.5) is 0 Å². The summed E-state index contributed by atoms with van der Waals surface area (Å²) in [4.78, 5) is 13.2. The number of ketones is 1. The molecule has 0 atom stereocenters. The Bertz CT molecular complexity index is 1380. The lowest BCUT2D eigenvalue weighted by Gasteiger charge is -2.10. The molecule has 0 aliphatic heterocycles. The molecule has 0 bridgehead atoms. The zero-order chi connectivity index (χ0) is 21.8. The van der Waals surface area contributed by atoms with E-state index in [1.807, 2.05) is 84.9 Å². The Morgan fingerprint density at radius 2 is 1.28 bits per heavy atom. The van der Waals surface area contributed by atoms with Gasteiger partial charge in [0.2, 0.25) is 0 Å². The Labute approximate surface area is 187 Å². The van der Waals surface area contributed by atoms with Gasteiger partial charge in [-0.3, -0.25) is 4.79 Å². The third-order valence-corrected chi connectivity index (χ3v) is 5.60. The van der Waals surface area contributed by atoms with Crippen LogP contribution < -0.4 is 4.74 Å². The first-order valence-corrected chi connectivity index (χ1v) is 10.7. The molecule has 32 heavy (non-hydrogen) atoms. The molecule has 5 rings (SSSR count). The van der Waals surface area contributed by atoms with Crippen LogP contribution in [0.5, 0.6) is 5.75 Å². The van der Waals surface area contributed by atoms with Crippen molar-refractivity contribution in [3.8, 4) is 5.75 Å². The van der Waals surface area contributed by atoms with Crippen molar-refractivity contribution in [2.75, 3.05) is 0 Å². The monoisotopic (exact) mass is 414 g/mol. The van der Waals surface area contributed by atoms with E-state index in [-0.39, 0.29) is 5.78 Å². The van der Waals surface area contributed by atoms with Crippen molar-refractivity contribution in [2.45, 2.75) is 6.61 Å². The molecule has 0 spiro atoms. The third kappa shape index (κ3) is 4.03. The first-order valence-electron chi connectivity index (χ1n) is 10.7. The van der Waals surface area contributed by atoms with E-state index in [1.165, 1.54) is 0 Å². The maximum Gasteiger partial charge on any atom is 0.189 e. The van der Waals surface area contributed by atoms with Gasteiger partial charge in [0.25, 0.3) is 0 Å². The summed E-state index contributed by atoms with van der Waals surface area (Å²) in [6.07, 6.45) is 3.58. The third-order valence-electron chi connectivity index (χ3n) is 5.60. The minimum Gasteiger partial charge on any atom is -0.488 e. The van der Waals surface area contributed by atoms with Crippen LogP contribution >= 0.6 is 0 Å². The van der Waals surface area contributed by atoms with Crippen molar-refractivity contribution in [2.24, 2.45) is 0 Å². The Hall–Kier alpha value is -4.17. The van der Waals surface area contributed by atoms with Crippen LogP contribution in [0.25, 0.3) is 27.6 Å². The van der Waals surface area contributed by atoms with E-state index in [9.17, 15) is 4.79 Å². The summed E-state index contributed by atoms with van der Waals surface area (Å²) in [6.45, 7) is 0.419. The number of hydrogen-bond acceptors (Lipinski definition) is 2. The summed E-state index contributed by atoms with van der Waals surface area (Å²) in [5.74, 6) is 0.513. The molecule has 0 aliphatic rings. The molecule has 0 heterocycles. The van der Waals surface area contributed by atoms with Crippen LogP contribution in [0, 0.1) is 0 Å². The maximum absolute atomic E-state index is 13.2. The van der Waals surface area contributed by atoms with Crippen molar-refractivity contribution in [1.82, 2.24) is 0 Å². The molecule has 5 aromatic carbocycles. The Morgan fingerprint density at radius 1 is 0.688 bits per heavy atom. The van der Waals surface area contributed by atoms with Gasteiger partial charge in [-0.15, -0.1) is 0 Å². The quantitative estimate of drug-likeness (QED) is 0.164. The summed E-state index contributed by atoms with van der Waals surface area (Å²) in [5, 5.41) is 4.57. The molecular weight excluding hydrogens is 392 g/mol. The van der Waals surface area contributed by atoms with Crippen LogP contribution in [-0.2, 0) is 6.61 Å². The molecule has 154 valence electrons. The van der Waals surface area contributed by atoms with Gasteiger partial charge in [0.05, 0.1) is 5.56 Å². The van der Waals surface area contributed by atoms with E-state index < -0.39 is 0 Å². The van der Waals surface area contributed by atoms with Gasteiger partial charge >= 0.3 is 0 Å². The number of ether oxygens (including phenoxy) is 1. The predicted octanol–water partition coefficient (Wildman–Crippen LogP) is 7.47. The number of benzene rings is 5. The van der Waals surface area contributed by atoms with Crippen LogP contribution in [0.15, 0.2) is 115 Å². The predicted molar refractivity (Wildman–Crippen MR) is 132 cm³/mol. The summed E-state index contributed by atoms with van der Waals surface area (Å²) in [7, 11) is 0. The highest BCUT2D eigenvalue weighted by Crippen LogP contribution is 2.30. The normalized spacial score (nSPS) is 11.2. The number of para-hydroxylation sites is 1. The van der Waals surface area contributed by atoms with Gasteiger partial charge in [-0.2, -0.15) is 0 Å². The summed E-state index contributed by atoms with van der Waals surface area (Å²) >= 11 is 0. The lowest BCUT2D eigenvalue weighted by atomic mass is 9.96. The van der Waals surface area contributed by atoms with Crippen LogP contribution in [-0.4, -0.2) is 5.78 Å². The molecule has 5 aromatic rings. The SMILES string of the molecule is O=C(/C=C/c1c2ccccc2cc2ccccc12)c1ccccc1OCc1ccccc1. The number of carbonyl (C=O) groups is 1. The van der Waals surface area contributed by atoms with Crippen molar-refractivity contribution in [3.63, 3.8) is 0 Å². The Morgan fingerprint density at radius 3 is 2.00 bits per heavy atom. The van der Waals surface area contributed by atoms with Gasteiger partial charge in [0, 0.05) is 0 Å². The summed E-state index contributed by atoms with van der Waals surface area (Å²) < 4.78 is 5.98. The van der Waals surface area contributed by atoms with Gasteiger partial charge in [0.1, 0.15) is 12.4 Å². The van der Waals surface area contributed by atoms with Crippen LogP contribution in [0.3, 0.4) is 0 Å². The van der Waals surface area contributed by atoms with Crippen LogP contribution in [0.1, 0.15) is 21.5 Å². The fourth-order valence-electron chi connectivity index (χ4n) is 4.01. The molecule has 0 amide bonds. The molecule has 0 aliphatic carbocycles. The second kappa shape index (κ2) is 8.91. The fraction of sp³-hybridized carbons (Fsp3) is 0.0333. The highest BCUT2D eigenvalue weighted by Gasteiger charge is 2.11. The number of allylic oxidation sites excluding steroid dienone is 1. The molecule has 0 unspecified atom stereocenters. The lowest BCUT2D eigenvalue weighted by Crippen LogP contribution is -2.02. The standard InChI is InChI=1S/C30H22O2/c31-29(28-16-8-9-17-30(28)32-21-22-10-2-1-3-11-22)19-18-27-25-14-6-4-12-23(25)20-24-13-5-7-15-26(24)27/h1-20H,21H2/b19-18+. The molecule has 2 nitrogen and oxygen atoms in total. The highest BCUT2D eigenvalue weighted by atomic mass is 16.5. The largest absolute Gasteiger partial charge is 0.488 e. The average Bonchev–Trinajstić information content (AvgIpc) is 2.86. The highest BCUT2D eigenvalue weighted by molar-refractivity contribution is 6.12. The molecule has 0 aromatic heterocycles. The second-order valence-corrected chi connectivity index (χ2v) is 7.70. The number of fused-ring (bicyclic) bond motifs is 2. The van der Waals surface area contributed by atoms with Gasteiger partial charge in [0.15, 0.2) is 5.78 Å². The first-order chi connectivity index (χ1) is 15.8.